The van der Waals surface area contributed by atoms with Crippen molar-refractivity contribution in [2.24, 2.45) is 0 Å². The van der Waals surface area contributed by atoms with Crippen molar-refractivity contribution in [1.29, 1.82) is 0 Å². The summed E-state index contributed by atoms with van der Waals surface area (Å²) in [6.45, 7) is 0.425. The van der Waals surface area contributed by atoms with E-state index in [1.807, 2.05) is 24.3 Å². The van der Waals surface area contributed by atoms with Crippen LogP contribution in [0.1, 0.15) is 11.1 Å². The molecule has 1 aromatic carbocycles. The molecule has 0 aliphatic carbocycles. The normalized spacial score (nSPS) is 10.6. The van der Waals surface area contributed by atoms with Gasteiger partial charge in [-0.1, -0.05) is 29.4 Å². The first kappa shape index (κ1) is 17.3. The van der Waals surface area contributed by atoms with Crippen LogP contribution < -0.4 is 16.2 Å². The second kappa shape index (κ2) is 8.04. The Balaban J connectivity index is 1.72. The number of benzene rings is 1. The predicted octanol–water partition coefficient (Wildman–Crippen LogP) is 3.56. The second-order valence-corrected chi connectivity index (χ2v) is 6.57. The molecule has 25 heavy (non-hydrogen) atoms. The third-order valence-electron chi connectivity index (χ3n) is 3.24. The van der Waals surface area contributed by atoms with Crippen LogP contribution in [0.5, 0.6) is 5.75 Å². The number of ether oxygens (including phenoxy) is 1. The molecule has 0 unspecified atom stereocenters. The average molecular weight is 374 g/mol. The van der Waals surface area contributed by atoms with Gasteiger partial charge in [0.15, 0.2) is 5.16 Å². The zero-order valence-corrected chi connectivity index (χ0v) is 14.8. The van der Waals surface area contributed by atoms with Crippen LogP contribution in [0.25, 0.3) is 0 Å². The summed E-state index contributed by atoms with van der Waals surface area (Å²) in [7, 11) is 0. The van der Waals surface area contributed by atoms with Gasteiger partial charge in [0.05, 0.1) is 0 Å². The minimum Gasteiger partial charge on any atom is -0.489 e. The highest BCUT2D eigenvalue weighted by molar-refractivity contribution is 7.98. The Morgan fingerprint density at radius 2 is 1.88 bits per heavy atom. The lowest BCUT2D eigenvalue weighted by molar-refractivity contribution is 0.303. The van der Waals surface area contributed by atoms with E-state index in [1.54, 1.807) is 18.5 Å². The number of hydrogen-bond donors (Lipinski definition) is 2. The number of halogens is 1. The first-order valence-corrected chi connectivity index (χ1v) is 8.79. The summed E-state index contributed by atoms with van der Waals surface area (Å²) >= 11 is 7.53. The van der Waals surface area contributed by atoms with Gasteiger partial charge in [0.25, 0.3) is 0 Å². The summed E-state index contributed by atoms with van der Waals surface area (Å²) in [6, 6.07) is 10.9. The number of aromatic nitrogens is 3. The van der Waals surface area contributed by atoms with Crippen LogP contribution in [0.15, 0.2) is 53.9 Å². The molecule has 0 bridgehead atoms. The number of rotatable bonds is 6. The van der Waals surface area contributed by atoms with E-state index < -0.39 is 0 Å². The molecule has 4 N–H and O–H groups in total. The van der Waals surface area contributed by atoms with Crippen molar-refractivity contribution >= 4 is 35.0 Å². The smallest absolute Gasteiger partial charge is 0.191 e. The fourth-order valence-electron chi connectivity index (χ4n) is 2.12. The zero-order valence-electron chi connectivity index (χ0n) is 13.2. The maximum Gasteiger partial charge on any atom is 0.191 e. The van der Waals surface area contributed by atoms with Gasteiger partial charge < -0.3 is 16.2 Å². The molecule has 0 amide bonds. The molecule has 0 fully saturated rings. The topological polar surface area (TPSA) is 99.9 Å². The molecule has 0 aliphatic heterocycles. The Bertz CT molecular complexity index is 843. The SMILES string of the molecule is Nc1cc(N)nc(SCc2cc(Cl)ccc2OCc2cccnc2)n1. The van der Waals surface area contributed by atoms with E-state index in [0.29, 0.717) is 34.2 Å². The van der Waals surface area contributed by atoms with E-state index in [-0.39, 0.29) is 0 Å². The Hall–Kier alpha value is -2.51. The van der Waals surface area contributed by atoms with Gasteiger partial charge in [0, 0.05) is 40.4 Å². The van der Waals surface area contributed by atoms with Gasteiger partial charge in [0.2, 0.25) is 0 Å². The van der Waals surface area contributed by atoms with Crippen LogP contribution in [-0.4, -0.2) is 15.0 Å². The summed E-state index contributed by atoms with van der Waals surface area (Å²) in [4.78, 5) is 12.4. The van der Waals surface area contributed by atoms with E-state index in [4.69, 9.17) is 27.8 Å². The maximum atomic E-state index is 6.12. The largest absolute Gasteiger partial charge is 0.489 e. The van der Waals surface area contributed by atoms with Gasteiger partial charge in [-0.2, -0.15) is 0 Å². The summed E-state index contributed by atoms with van der Waals surface area (Å²) in [5.41, 5.74) is 13.3. The molecular formula is C17H16ClN5OS. The van der Waals surface area contributed by atoms with Crippen LogP contribution in [0.4, 0.5) is 11.6 Å². The molecule has 0 aliphatic rings. The number of hydrogen-bond acceptors (Lipinski definition) is 7. The number of pyridine rings is 1. The van der Waals surface area contributed by atoms with Crippen molar-refractivity contribution in [3.63, 3.8) is 0 Å². The van der Waals surface area contributed by atoms with Gasteiger partial charge >= 0.3 is 0 Å². The van der Waals surface area contributed by atoms with Crippen molar-refractivity contribution in [1.82, 2.24) is 15.0 Å². The van der Waals surface area contributed by atoms with Crippen molar-refractivity contribution in [2.75, 3.05) is 11.5 Å². The Morgan fingerprint density at radius 3 is 2.60 bits per heavy atom. The Kier molecular flexibility index (Phi) is 5.57. The van der Waals surface area contributed by atoms with Gasteiger partial charge in [-0.15, -0.1) is 0 Å². The van der Waals surface area contributed by atoms with Crippen LogP contribution in [0.3, 0.4) is 0 Å². The average Bonchev–Trinajstić information content (AvgIpc) is 2.59. The molecule has 2 aromatic heterocycles. The minimum atomic E-state index is 0.342. The van der Waals surface area contributed by atoms with E-state index >= 15 is 0 Å². The summed E-state index contributed by atoms with van der Waals surface area (Å²) in [6.07, 6.45) is 3.50. The van der Waals surface area contributed by atoms with Crippen molar-refractivity contribution in [2.45, 2.75) is 17.5 Å². The maximum absolute atomic E-state index is 6.12. The molecular weight excluding hydrogens is 358 g/mol. The molecule has 2 heterocycles. The molecule has 0 radical (unpaired) electrons. The Morgan fingerprint density at radius 1 is 1.08 bits per heavy atom. The molecule has 0 atom stereocenters. The third-order valence-corrected chi connectivity index (χ3v) is 4.37. The van der Waals surface area contributed by atoms with Crippen LogP contribution in [0.2, 0.25) is 5.02 Å². The van der Waals surface area contributed by atoms with Gasteiger partial charge in [-0.25, -0.2) is 9.97 Å². The molecule has 128 valence electrons. The standard InChI is InChI=1S/C17H16ClN5OS/c18-13-3-4-14(24-9-11-2-1-5-21-8-11)12(6-13)10-25-17-22-15(19)7-16(20)23-17/h1-8H,9-10H2,(H4,19,20,22,23). The van der Waals surface area contributed by atoms with Crippen LogP contribution >= 0.6 is 23.4 Å². The monoisotopic (exact) mass is 373 g/mol. The number of thioether (sulfide) groups is 1. The Labute approximate surface area is 154 Å². The fraction of sp³-hybridized carbons (Fsp3) is 0.118. The first-order chi connectivity index (χ1) is 12.1. The molecule has 8 heteroatoms. The highest BCUT2D eigenvalue weighted by Gasteiger charge is 2.09. The van der Waals surface area contributed by atoms with E-state index in [9.17, 15) is 0 Å². The lowest BCUT2D eigenvalue weighted by Gasteiger charge is -2.12. The quantitative estimate of drug-likeness (QED) is 0.503. The number of nitrogens with zero attached hydrogens (tertiary/aromatic N) is 3. The molecule has 0 spiro atoms. The number of nitrogens with two attached hydrogens (primary N) is 2. The summed E-state index contributed by atoms with van der Waals surface area (Å²) < 4.78 is 5.91. The first-order valence-electron chi connectivity index (χ1n) is 7.43. The fourth-order valence-corrected chi connectivity index (χ4v) is 3.16. The predicted molar refractivity (Wildman–Crippen MR) is 100 cm³/mol. The van der Waals surface area contributed by atoms with Crippen molar-refractivity contribution < 1.29 is 4.74 Å². The van der Waals surface area contributed by atoms with E-state index in [2.05, 4.69) is 15.0 Å². The van der Waals surface area contributed by atoms with Crippen LogP contribution in [0, 0.1) is 0 Å². The van der Waals surface area contributed by atoms with Crippen molar-refractivity contribution in [3.8, 4) is 5.75 Å². The number of nitrogen functional groups attached to an aromatic ring is 2. The summed E-state index contributed by atoms with van der Waals surface area (Å²) in [5, 5.41) is 1.15. The van der Waals surface area contributed by atoms with Gasteiger partial charge in [0.1, 0.15) is 24.0 Å². The van der Waals surface area contributed by atoms with Gasteiger partial charge in [-0.05, 0) is 24.3 Å². The summed E-state index contributed by atoms with van der Waals surface area (Å²) in [5.74, 6) is 2.01. The third kappa shape index (κ3) is 4.98. The van der Waals surface area contributed by atoms with Gasteiger partial charge in [-0.3, -0.25) is 4.98 Å². The molecule has 0 saturated carbocycles. The molecule has 3 rings (SSSR count). The number of anilines is 2. The minimum absolute atomic E-state index is 0.342. The molecule has 0 saturated heterocycles. The van der Waals surface area contributed by atoms with Crippen LogP contribution in [-0.2, 0) is 12.4 Å². The highest BCUT2D eigenvalue weighted by Crippen LogP contribution is 2.30. The second-order valence-electron chi connectivity index (χ2n) is 5.19. The lowest BCUT2D eigenvalue weighted by Crippen LogP contribution is -2.00. The van der Waals surface area contributed by atoms with E-state index in [1.165, 1.54) is 17.8 Å². The highest BCUT2D eigenvalue weighted by atomic mass is 35.5. The van der Waals surface area contributed by atoms with Crippen molar-refractivity contribution in [3.05, 3.63) is 64.9 Å². The van der Waals surface area contributed by atoms with E-state index in [0.717, 1.165) is 16.9 Å². The molecule has 6 nitrogen and oxygen atoms in total. The zero-order chi connectivity index (χ0) is 17.6. The molecule has 3 aromatic rings. The lowest BCUT2D eigenvalue weighted by atomic mass is 10.2.